The van der Waals surface area contributed by atoms with Crippen molar-refractivity contribution in [3.05, 3.63) is 66.6 Å². The van der Waals surface area contributed by atoms with Gasteiger partial charge < -0.3 is 13.9 Å². The van der Waals surface area contributed by atoms with Crippen molar-refractivity contribution < 1.29 is 9.47 Å². The second kappa shape index (κ2) is 9.41. The van der Waals surface area contributed by atoms with Gasteiger partial charge in [-0.1, -0.05) is 11.6 Å². The second-order valence-electron chi connectivity index (χ2n) is 9.81. The maximum absolute atomic E-state index is 6.75. The minimum Gasteiger partial charge on any atom is -0.456 e. The average molecular weight is 516 g/mol. The summed E-state index contributed by atoms with van der Waals surface area (Å²) in [6, 6.07) is 8.10. The standard InChI is InChI=1S/C27H26ClN7O2/c28-26-25(37-22-5-8-34-17-29-11-20(34)9-22)2-1-23-27(26)32-24(12-30-23)19-10-31-35(14-19)13-18-3-6-33(7-4-18)21-15-36-16-21/h1-2,5,8-12,14,17-18,21H,3-4,6-7,13,15-16H2. The van der Waals surface area contributed by atoms with Crippen LogP contribution in [0.3, 0.4) is 0 Å². The van der Waals surface area contributed by atoms with E-state index in [9.17, 15) is 0 Å². The van der Waals surface area contributed by atoms with Crippen LogP contribution in [-0.2, 0) is 11.3 Å². The Morgan fingerprint density at radius 3 is 2.81 bits per heavy atom. The lowest BCUT2D eigenvalue weighted by Gasteiger charge is -2.41. The van der Waals surface area contributed by atoms with Crippen LogP contribution in [0, 0.1) is 5.92 Å². The van der Waals surface area contributed by atoms with E-state index in [-0.39, 0.29) is 0 Å². The van der Waals surface area contributed by atoms with Gasteiger partial charge in [0.2, 0.25) is 0 Å². The molecule has 2 aliphatic heterocycles. The number of pyridine rings is 1. The maximum atomic E-state index is 6.75. The summed E-state index contributed by atoms with van der Waals surface area (Å²) in [6.07, 6.45) is 13.5. The molecule has 10 heteroatoms. The SMILES string of the molecule is Clc1c(Oc2ccn3cncc3c2)ccc2ncc(-c3cnn(CC4CCN(C5COC5)CC4)c3)nc12. The number of imidazole rings is 1. The van der Waals surface area contributed by atoms with Gasteiger partial charge in [0.05, 0.1) is 60.9 Å². The van der Waals surface area contributed by atoms with Crippen molar-refractivity contribution in [2.75, 3.05) is 26.3 Å². The van der Waals surface area contributed by atoms with Gasteiger partial charge in [-0.3, -0.25) is 14.6 Å². The van der Waals surface area contributed by atoms with Crippen LogP contribution in [0.4, 0.5) is 0 Å². The lowest BCUT2D eigenvalue weighted by Crippen LogP contribution is -2.52. The fourth-order valence-corrected chi connectivity index (χ4v) is 5.37. The molecule has 7 rings (SSSR count). The lowest BCUT2D eigenvalue weighted by molar-refractivity contribution is -0.0743. The third-order valence-corrected chi connectivity index (χ3v) is 7.76. The summed E-state index contributed by atoms with van der Waals surface area (Å²) in [5, 5.41) is 5.04. The van der Waals surface area contributed by atoms with E-state index in [1.165, 1.54) is 12.8 Å². The first-order valence-corrected chi connectivity index (χ1v) is 13.0. The number of piperidine rings is 1. The van der Waals surface area contributed by atoms with Gasteiger partial charge in [0.1, 0.15) is 22.0 Å². The van der Waals surface area contributed by atoms with Crippen molar-refractivity contribution in [3.8, 4) is 22.8 Å². The monoisotopic (exact) mass is 515 g/mol. The van der Waals surface area contributed by atoms with Crippen molar-refractivity contribution in [1.82, 2.24) is 34.0 Å². The fourth-order valence-electron chi connectivity index (χ4n) is 5.13. The zero-order valence-corrected chi connectivity index (χ0v) is 21.0. The summed E-state index contributed by atoms with van der Waals surface area (Å²) in [5.41, 5.74) is 3.91. The van der Waals surface area contributed by atoms with Crippen molar-refractivity contribution in [2.45, 2.75) is 25.4 Å². The van der Waals surface area contributed by atoms with Gasteiger partial charge in [-0.2, -0.15) is 5.10 Å². The van der Waals surface area contributed by atoms with E-state index in [1.807, 2.05) is 45.7 Å². The highest BCUT2D eigenvalue weighted by Gasteiger charge is 2.29. The highest BCUT2D eigenvalue weighted by molar-refractivity contribution is 6.36. The Kier molecular flexibility index (Phi) is 5.76. The summed E-state index contributed by atoms with van der Waals surface area (Å²) in [5.74, 6) is 1.83. The topological polar surface area (TPSA) is 82.6 Å². The summed E-state index contributed by atoms with van der Waals surface area (Å²) < 4.78 is 15.4. The first-order chi connectivity index (χ1) is 18.2. The number of benzene rings is 1. The van der Waals surface area contributed by atoms with Gasteiger partial charge in [-0.15, -0.1) is 0 Å². The Balaban J connectivity index is 1.08. The van der Waals surface area contributed by atoms with Crippen LogP contribution < -0.4 is 4.74 Å². The number of hydrogen-bond donors (Lipinski definition) is 0. The molecule has 9 nitrogen and oxygen atoms in total. The van der Waals surface area contributed by atoms with E-state index < -0.39 is 0 Å². The molecule has 188 valence electrons. The van der Waals surface area contributed by atoms with Crippen LogP contribution in [0.15, 0.2) is 61.6 Å². The number of likely N-dealkylation sites (tertiary alicyclic amines) is 1. The Bertz CT molecular complexity index is 1570. The first-order valence-electron chi connectivity index (χ1n) is 12.6. The highest BCUT2D eigenvalue weighted by Crippen LogP contribution is 2.35. The molecule has 2 fully saturated rings. The molecule has 5 aromatic rings. The van der Waals surface area contributed by atoms with Gasteiger partial charge >= 0.3 is 0 Å². The molecule has 0 radical (unpaired) electrons. The molecule has 0 N–H and O–H groups in total. The highest BCUT2D eigenvalue weighted by atomic mass is 35.5. The van der Waals surface area contributed by atoms with E-state index in [2.05, 4.69) is 26.2 Å². The Morgan fingerprint density at radius 2 is 1.97 bits per heavy atom. The third kappa shape index (κ3) is 4.43. The normalized spacial score (nSPS) is 17.4. The number of ether oxygens (including phenoxy) is 2. The Morgan fingerprint density at radius 1 is 1.08 bits per heavy atom. The molecule has 2 saturated heterocycles. The van der Waals surface area contributed by atoms with Gasteiger partial charge in [-0.05, 0) is 50.0 Å². The second-order valence-corrected chi connectivity index (χ2v) is 10.2. The molecule has 1 aromatic carbocycles. The molecule has 0 aliphatic carbocycles. The zero-order valence-electron chi connectivity index (χ0n) is 20.2. The molecular formula is C27H26ClN7O2. The number of fused-ring (bicyclic) bond motifs is 2. The molecule has 0 saturated carbocycles. The molecule has 0 unspecified atom stereocenters. The molecule has 4 aromatic heterocycles. The minimum absolute atomic E-state index is 0.427. The maximum Gasteiger partial charge on any atom is 0.148 e. The van der Waals surface area contributed by atoms with Gasteiger partial charge in [-0.25, -0.2) is 9.97 Å². The van der Waals surface area contributed by atoms with Crippen LogP contribution in [-0.4, -0.2) is 66.4 Å². The predicted molar refractivity (Wildman–Crippen MR) is 140 cm³/mol. The van der Waals surface area contributed by atoms with Crippen LogP contribution in [0.1, 0.15) is 12.8 Å². The largest absolute Gasteiger partial charge is 0.456 e. The van der Waals surface area contributed by atoms with Crippen LogP contribution in [0.5, 0.6) is 11.5 Å². The number of aromatic nitrogens is 6. The van der Waals surface area contributed by atoms with Crippen molar-refractivity contribution in [1.29, 1.82) is 0 Å². The molecule has 6 heterocycles. The Hall–Kier alpha value is -3.53. The van der Waals surface area contributed by atoms with Crippen LogP contribution >= 0.6 is 11.6 Å². The van der Waals surface area contributed by atoms with Crippen LogP contribution in [0.2, 0.25) is 5.02 Å². The quantitative estimate of drug-likeness (QED) is 0.324. The van der Waals surface area contributed by atoms with E-state index in [0.717, 1.165) is 49.6 Å². The van der Waals surface area contributed by atoms with Crippen molar-refractivity contribution >= 4 is 28.2 Å². The number of hydrogen-bond acceptors (Lipinski definition) is 7. The molecule has 0 bridgehead atoms. The lowest BCUT2D eigenvalue weighted by atomic mass is 9.95. The van der Waals surface area contributed by atoms with E-state index in [0.29, 0.717) is 39.5 Å². The van der Waals surface area contributed by atoms with E-state index >= 15 is 0 Å². The summed E-state index contributed by atoms with van der Waals surface area (Å²) in [7, 11) is 0. The summed E-state index contributed by atoms with van der Waals surface area (Å²) in [6.45, 7) is 4.97. The zero-order chi connectivity index (χ0) is 24.8. The molecule has 0 amide bonds. The number of halogens is 1. The summed E-state index contributed by atoms with van der Waals surface area (Å²) in [4.78, 5) is 16.1. The molecule has 0 atom stereocenters. The van der Waals surface area contributed by atoms with Crippen molar-refractivity contribution in [2.24, 2.45) is 5.92 Å². The van der Waals surface area contributed by atoms with Gasteiger partial charge in [0.15, 0.2) is 0 Å². The van der Waals surface area contributed by atoms with Gasteiger partial charge in [0, 0.05) is 30.6 Å². The summed E-state index contributed by atoms with van der Waals surface area (Å²) >= 11 is 6.75. The van der Waals surface area contributed by atoms with E-state index in [4.69, 9.17) is 26.1 Å². The smallest absolute Gasteiger partial charge is 0.148 e. The first kappa shape index (κ1) is 22.7. The van der Waals surface area contributed by atoms with Crippen LogP contribution in [0.25, 0.3) is 27.8 Å². The molecule has 37 heavy (non-hydrogen) atoms. The van der Waals surface area contributed by atoms with E-state index in [1.54, 1.807) is 18.7 Å². The van der Waals surface area contributed by atoms with Gasteiger partial charge in [0.25, 0.3) is 0 Å². The number of nitrogens with zero attached hydrogens (tertiary/aromatic N) is 7. The Labute approximate surface area is 218 Å². The minimum atomic E-state index is 0.427. The predicted octanol–water partition coefficient (Wildman–Crippen LogP) is 4.70. The molecule has 0 spiro atoms. The fraction of sp³-hybridized carbons (Fsp3) is 0.333. The average Bonchev–Trinajstić information content (AvgIpc) is 3.55. The molecular weight excluding hydrogens is 490 g/mol. The molecule has 2 aliphatic rings. The number of rotatable bonds is 6. The third-order valence-electron chi connectivity index (χ3n) is 7.39. The van der Waals surface area contributed by atoms with Crippen molar-refractivity contribution in [3.63, 3.8) is 0 Å².